The molecule has 0 heterocycles. The average Bonchev–Trinajstić information content (AvgIpc) is 2.64. The maximum absolute atomic E-state index is 12.6. The summed E-state index contributed by atoms with van der Waals surface area (Å²) in [6.07, 6.45) is 0.811. The average molecular weight is 236 g/mol. The Bertz CT molecular complexity index is 627. The molecule has 0 fully saturated rings. The minimum absolute atomic E-state index is 0.253. The van der Waals surface area contributed by atoms with Crippen molar-refractivity contribution in [2.24, 2.45) is 0 Å². The Balaban J connectivity index is 2.12. The van der Waals surface area contributed by atoms with Gasteiger partial charge in [0, 0.05) is 5.56 Å². The van der Waals surface area contributed by atoms with Gasteiger partial charge < -0.3 is 0 Å². The van der Waals surface area contributed by atoms with Gasteiger partial charge in [0.2, 0.25) is 0 Å². The second-order valence-corrected chi connectivity index (χ2v) is 5.36. The molecule has 0 spiro atoms. The highest BCUT2D eigenvalue weighted by molar-refractivity contribution is 6.08. The Morgan fingerprint density at radius 2 is 1.83 bits per heavy atom. The third-order valence-electron chi connectivity index (χ3n) is 3.96. The van der Waals surface area contributed by atoms with E-state index in [2.05, 4.69) is 38.1 Å². The van der Waals surface area contributed by atoms with Gasteiger partial charge in [-0.05, 0) is 31.4 Å². The fraction of sp³-hybridized carbons (Fsp3) is 0.235. The van der Waals surface area contributed by atoms with Crippen LogP contribution in [0, 0.1) is 6.92 Å². The van der Waals surface area contributed by atoms with Crippen molar-refractivity contribution in [3.63, 3.8) is 0 Å². The van der Waals surface area contributed by atoms with Crippen molar-refractivity contribution in [2.45, 2.75) is 25.7 Å². The molecule has 1 aliphatic rings. The fourth-order valence-electron chi connectivity index (χ4n) is 2.88. The van der Waals surface area contributed by atoms with E-state index in [1.54, 1.807) is 0 Å². The molecule has 0 unspecified atom stereocenters. The molecule has 0 radical (unpaired) electrons. The maximum Gasteiger partial charge on any atom is 0.173 e. The van der Waals surface area contributed by atoms with Gasteiger partial charge in [0.25, 0.3) is 0 Å². The number of fused-ring (bicyclic) bond motifs is 1. The van der Waals surface area contributed by atoms with E-state index >= 15 is 0 Å². The number of carbonyl (C=O) groups is 1. The van der Waals surface area contributed by atoms with Crippen LogP contribution in [-0.4, -0.2) is 5.78 Å². The van der Waals surface area contributed by atoms with Crippen molar-refractivity contribution in [3.8, 4) is 0 Å². The first-order valence-corrected chi connectivity index (χ1v) is 6.31. The van der Waals surface area contributed by atoms with E-state index in [-0.39, 0.29) is 5.78 Å². The number of aryl methyl sites for hydroxylation is 1. The minimum Gasteiger partial charge on any atom is -0.293 e. The molecule has 0 saturated carbocycles. The molecule has 90 valence electrons. The molecule has 0 saturated heterocycles. The molecule has 2 aromatic rings. The molecule has 2 aromatic carbocycles. The first kappa shape index (κ1) is 11.2. The smallest absolute Gasteiger partial charge is 0.173 e. The Labute approximate surface area is 107 Å². The number of benzene rings is 2. The van der Waals surface area contributed by atoms with Crippen molar-refractivity contribution >= 4 is 5.78 Å². The van der Waals surface area contributed by atoms with Crippen molar-refractivity contribution in [2.75, 3.05) is 0 Å². The lowest BCUT2D eigenvalue weighted by Crippen LogP contribution is -2.29. The molecule has 1 nitrogen and oxygen atoms in total. The van der Waals surface area contributed by atoms with Crippen LogP contribution in [0.2, 0.25) is 0 Å². The quantitative estimate of drug-likeness (QED) is 0.738. The first-order chi connectivity index (χ1) is 8.61. The van der Waals surface area contributed by atoms with Crippen LogP contribution >= 0.6 is 0 Å². The van der Waals surface area contributed by atoms with E-state index in [0.29, 0.717) is 0 Å². The van der Waals surface area contributed by atoms with Gasteiger partial charge in [-0.25, -0.2) is 0 Å². The van der Waals surface area contributed by atoms with E-state index in [1.165, 1.54) is 11.1 Å². The first-order valence-electron chi connectivity index (χ1n) is 6.31. The van der Waals surface area contributed by atoms with Gasteiger partial charge >= 0.3 is 0 Å². The van der Waals surface area contributed by atoms with Crippen LogP contribution in [0.15, 0.2) is 48.5 Å². The monoisotopic (exact) mass is 236 g/mol. The standard InChI is InChI=1S/C17H16O/c1-12-6-5-8-14(10-12)17(2)11-13-7-3-4-9-15(13)16(17)18/h3-10H,11H2,1-2H3/t17-/m1/s1. The summed E-state index contributed by atoms with van der Waals surface area (Å²) < 4.78 is 0. The zero-order valence-electron chi connectivity index (χ0n) is 10.7. The van der Waals surface area contributed by atoms with Crippen molar-refractivity contribution in [3.05, 3.63) is 70.8 Å². The highest BCUT2D eigenvalue weighted by Gasteiger charge is 2.42. The Morgan fingerprint density at radius 1 is 1.06 bits per heavy atom. The molecule has 18 heavy (non-hydrogen) atoms. The van der Waals surface area contributed by atoms with Crippen LogP contribution in [0.25, 0.3) is 0 Å². The third-order valence-corrected chi connectivity index (χ3v) is 3.96. The van der Waals surface area contributed by atoms with E-state index in [0.717, 1.165) is 17.5 Å². The molecular formula is C17H16O. The highest BCUT2D eigenvalue weighted by atomic mass is 16.1. The maximum atomic E-state index is 12.6. The van der Waals surface area contributed by atoms with Crippen LogP contribution < -0.4 is 0 Å². The molecule has 1 aliphatic carbocycles. The van der Waals surface area contributed by atoms with E-state index in [1.807, 2.05) is 24.3 Å². The van der Waals surface area contributed by atoms with Gasteiger partial charge in [-0.1, -0.05) is 54.1 Å². The number of Topliss-reactive ketones (excluding diaryl/α,β-unsaturated/α-hetero) is 1. The Kier molecular flexibility index (Phi) is 2.37. The molecule has 1 atom stereocenters. The van der Waals surface area contributed by atoms with Gasteiger partial charge in [0.05, 0.1) is 5.41 Å². The SMILES string of the molecule is Cc1cccc([C@@]2(C)Cc3ccccc3C2=O)c1. The zero-order valence-corrected chi connectivity index (χ0v) is 10.7. The molecule has 3 rings (SSSR count). The molecule has 0 bridgehead atoms. The molecule has 0 aromatic heterocycles. The summed E-state index contributed by atoms with van der Waals surface area (Å²) in [4.78, 5) is 12.6. The van der Waals surface area contributed by atoms with Crippen molar-refractivity contribution < 1.29 is 4.79 Å². The zero-order chi connectivity index (χ0) is 12.8. The summed E-state index contributed by atoms with van der Waals surface area (Å²) in [6, 6.07) is 16.3. The molecule has 0 amide bonds. The second kappa shape index (κ2) is 3.81. The van der Waals surface area contributed by atoms with Crippen molar-refractivity contribution in [1.29, 1.82) is 0 Å². The number of hydrogen-bond acceptors (Lipinski definition) is 1. The topological polar surface area (TPSA) is 17.1 Å². The largest absolute Gasteiger partial charge is 0.293 e. The van der Waals surface area contributed by atoms with Crippen molar-refractivity contribution in [1.82, 2.24) is 0 Å². The number of rotatable bonds is 1. The summed E-state index contributed by atoms with van der Waals surface area (Å²) in [7, 11) is 0. The van der Waals surface area contributed by atoms with E-state index in [4.69, 9.17) is 0 Å². The van der Waals surface area contributed by atoms with Crippen LogP contribution in [0.1, 0.15) is 34.0 Å². The molecule has 1 heteroatoms. The fourth-order valence-corrected chi connectivity index (χ4v) is 2.88. The lowest BCUT2D eigenvalue weighted by Gasteiger charge is -2.23. The summed E-state index contributed by atoms with van der Waals surface area (Å²) in [5, 5.41) is 0. The Hall–Kier alpha value is -1.89. The number of carbonyl (C=O) groups excluding carboxylic acids is 1. The second-order valence-electron chi connectivity index (χ2n) is 5.36. The summed E-state index contributed by atoms with van der Waals surface area (Å²) in [5.74, 6) is 0.253. The van der Waals surface area contributed by atoms with E-state index < -0.39 is 5.41 Å². The molecule has 0 aliphatic heterocycles. The van der Waals surface area contributed by atoms with Crippen LogP contribution in [-0.2, 0) is 11.8 Å². The number of hydrogen-bond donors (Lipinski definition) is 0. The predicted molar refractivity (Wildman–Crippen MR) is 73.0 cm³/mol. The van der Waals surface area contributed by atoms with Gasteiger partial charge in [-0.3, -0.25) is 4.79 Å². The van der Waals surface area contributed by atoms with Gasteiger partial charge in [0.15, 0.2) is 5.78 Å². The summed E-state index contributed by atoms with van der Waals surface area (Å²) in [6.45, 7) is 4.13. The minimum atomic E-state index is -0.393. The van der Waals surface area contributed by atoms with Crippen LogP contribution in [0.3, 0.4) is 0 Å². The van der Waals surface area contributed by atoms with Crippen LogP contribution in [0.5, 0.6) is 0 Å². The highest BCUT2D eigenvalue weighted by Crippen LogP contribution is 2.39. The lowest BCUT2D eigenvalue weighted by molar-refractivity contribution is 0.0915. The van der Waals surface area contributed by atoms with Gasteiger partial charge in [-0.2, -0.15) is 0 Å². The number of ketones is 1. The molecular weight excluding hydrogens is 220 g/mol. The Morgan fingerprint density at radius 3 is 2.56 bits per heavy atom. The molecule has 0 N–H and O–H groups in total. The normalized spacial score (nSPS) is 22.0. The summed E-state index contributed by atoms with van der Waals surface area (Å²) >= 11 is 0. The predicted octanol–water partition coefficient (Wildman–Crippen LogP) is 3.69. The third kappa shape index (κ3) is 1.51. The van der Waals surface area contributed by atoms with Gasteiger partial charge in [-0.15, -0.1) is 0 Å². The summed E-state index contributed by atoms with van der Waals surface area (Å²) in [5.41, 5.74) is 4.00. The van der Waals surface area contributed by atoms with Crippen LogP contribution in [0.4, 0.5) is 0 Å². The lowest BCUT2D eigenvalue weighted by atomic mass is 9.78. The van der Waals surface area contributed by atoms with Gasteiger partial charge in [0.1, 0.15) is 0 Å². The van der Waals surface area contributed by atoms with E-state index in [9.17, 15) is 4.79 Å².